The summed E-state index contributed by atoms with van der Waals surface area (Å²) in [4.78, 5) is 0. The maximum atomic E-state index is 12.1. The number of alkyl halides is 2. The standard InChI is InChI=1S/C14H21F2NO2/c1-11(17-8-3-4-9-18-2)12-6-5-7-13(10-12)19-14(15)16/h5-7,10-11,14,17H,3-4,8-9H2,1-2H3. The molecule has 1 rings (SSSR count). The van der Waals surface area contributed by atoms with E-state index in [0.29, 0.717) is 0 Å². The smallest absolute Gasteiger partial charge is 0.387 e. The van der Waals surface area contributed by atoms with Crippen molar-refractivity contribution < 1.29 is 18.3 Å². The summed E-state index contributed by atoms with van der Waals surface area (Å²) in [5.74, 6) is 0.195. The minimum Gasteiger partial charge on any atom is -0.435 e. The van der Waals surface area contributed by atoms with Gasteiger partial charge in [-0.2, -0.15) is 8.78 Å². The number of hydrogen-bond donors (Lipinski definition) is 1. The van der Waals surface area contributed by atoms with E-state index in [0.717, 1.165) is 31.6 Å². The number of ether oxygens (including phenoxy) is 2. The van der Waals surface area contributed by atoms with Crippen LogP contribution in [0.5, 0.6) is 5.75 Å². The first-order valence-corrected chi connectivity index (χ1v) is 6.40. The normalized spacial score (nSPS) is 12.7. The van der Waals surface area contributed by atoms with Crippen LogP contribution >= 0.6 is 0 Å². The molecule has 0 heterocycles. The van der Waals surface area contributed by atoms with E-state index >= 15 is 0 Å². The summed E-state index contributed by atoms with van der Waals surface area (Å²) in [5, 5.41) is 3.34. The third kappa shape index (κ3) is 6.50. The van der Waals surface area contributed by atoms with Crippen molar-refractivity contribution in [3.05, 3.63) is 29.8 Å². The Labute approximate surface area is 112 Å². The van der Waals surface area contributed by atoms with Gasteiger partial charge in [-0.05, 0) is 44.0 Å². The second-order valence-corrected chi connectivity index (χ2v) is 4.33. The Hall–Kier alpha value is -1.20. The molecule has 3 nitrogen and oxygen atoms in total. The third-order valence-corrected chi connectivity index (χ3v) is 2.81. The Bertz CT molecular complexity index is 361. The molecule has 0 saturated carbocycles. The van der Waals surface area contributed by atoms with Gasteiger partial charge in [0.1, 0.15) is 5.75 Å². The Morgan fingerprint density at radius 1 is 1.26 bits per heavy atom. The first-order valence-electron chi connectivity index (χ1n) is 6.40. The minimum atomic E-state index is -2.78. The van der Waals surface area contributed by atoms with Gasteiger partial charge in [0.2, 0.25) is 0 Å². The highest BCUT2D eigenvalue weighted by Gasteiger charge is 2.08. The molecule has 19 heavy (non-hydrogen) atoms. The van der Waals surface area contributed by atoms with Gasteiger partial charge in [0, 0.05) is 19.8 Å². The number of methoxy groups -OCH3 is 1. The van der Waals surface area contributed by atoms with Crippen LogP contribution in [0, 0.1) is 0 Å². The molecule has 1 unspecified atom stereocenters. The summed E-state index contributed by atoms with van der Waals surface area (Å²) in [6.07, 6.45) is 2.02. The fourth-order valence-electron chi connectivity index (χ4n) is 1.77. The van der Waals surface area contributed by atoms with Gasteiger partial charge in [-0.1, -0.05) is 12.1 Å². The van der Waals surface area contributed by atoms with Crippen molar-refractivity contribution in [2.45, 2.75) is 32.4 Å². The fourth-order valence-corrected chi connectivity index (χ4v) is 1.77. The lowest BCUT2D eigenvalue weighted by Crippen LogP contribution is -2.20. The predicted molar refractivity (Wildman–Crippen MR) is 70.6 cm³/mol. The quantitative estimate of drug-likeness (QED) is 0.700. The highest BCUT2D eigenvalue weighted by molar-refractivity contribution is 5.30. The van der Waals surface area contributed by atoms with E-state index in [2.05, 4.69) is 10.1 Å². The zero-order chi connectivity index (χ0) is 14.1. The zero-order valence-electron chi connectivity index (χ0n) is 11.4. The van der Waals surface area contributed by atoms with E-state index < -0.39 is 6.61 Å². The zero-order valence-corrected chi connectivity index (χ0v) is 11.4. The number of rotatable bonds is 9. The molecule has 0 aromatic heterocycles. The van der Waals surface area contributed by atoms with E-state index in [-0.39, 0.29) is 11.8 Å². The summed E-state index contributed by atoms with van der Waals surface area (Å²) in [6.45, 7) is 0.836. The van der Waals surface area contributed by atoms with Gasteiger partial charge in [0.15, 0.2) is 0 Å². The van der Waals surface area contributed by atoms with E-state index in [4.69, 9.17) is 4.74 Å². The maximum absolute atomic E-state index is 12.1. The molecule has 108 valence electrons. The van der Waals surface area contributed by atoms with Crippen molar-refractivity contribution in [1.29, 1.82) is 0 Å². The van der Waals surface area contributed by atoms with Crippen LogP contribution in [-0.2, 0) is 4.74 Å². The molecule has 1 aromatic carbocycles. The average molecular weight is 273 g/mol. The lowest BCUT2D eigenvalue weighted by molar-refractivity contribution is -0.0499. The maximum Gasteiger partial charge on any atom is 0.387 e. The fraction of sp³-hybridized carbons (Fsp3) is 0.571. The second-order valence-electron chi connectivity index (χ2n) is 4.33. The first kappa shape index (κ1) is 15.9. The molecule has 1 atom stereocenters. The van der Waals surface area contributed by atoms with Crippen molar-refractivity contribution in [3.8, 4) is 5.75 Å². The second kappa shape index (κ2) is 8.82. The highest BCUT2D eigenvalue weighted by Crippen LogP contribution is 2.20. The van der Waals surface area contributed by atoms with Crippen molar-refractivity contribution in [3.63, 3.8) is 0 Å². The molecule has 0 aliphatic carbocycles. The van der Waals surface area contributed by atoms with Crippen molar-refractivity contribution in [2.75, 3.05) is 20.3 Å². The van der Waals surface area contributed by atoms with Gasteiger partial charge in [0.25, 0.3) is 0 Å². The van der Waals surface area contributed by atoms with E-state index in [1.807, 2.05) is 13.0 Å². The molecule has 0 radical (unpaired) electrons. The van der Waals surface area contributed by atoms with Crippen LogP contribution < -0.4 is 10.1 Å². The number of benzene rings is 1. The molecule has 0 bridgehead atoms. The molecule has 0 spiro atoms. The molecule has 0 aliphatic rings. The Balaban J connectivity index is 2.40. The van der Waals surface area contributed by atoms with Crippen molar-refractivity contribution in [2.24, 2.45) is 0 Å². The monoisotopic (exact) mass is 273 g/mol. The number of hydrogen-bond acceptors (Lipinski definition) is 3. The summed E-state index contributed by atoms with van der Waals surface area (Å²) < 4.78 is 33.6. The highest BCUT2D eigenvalue weighted by atomic mass is 19.3. The Morgan fingerprint density at radius 3 is 2.74 bits per heavy atom. The van der Waals surface area contributed by atoms with Crippen LogP contribution in [0.25, 0.3) is 0 Å². The third-order valence-electron chi connectivity index (χ3n) is 2.81. The Kier molecular flexibility index (Phi) is 7.36. The van der Waals surface area contributed by atoms with Crippen LogP contribution in [0.1, 0.15) is 31.4 Å². The number of unbranched alkanes of at least 4 members (excludes halogenated alkanes) is 1. The largest absolute Gasteiger partial charge is 0.435 e. The molecule has 1 N–H and O–H groups in total. The van der Waals surface area contributed by atoms with E-state index in [1.165, 1.54) is 6.07 Å². The lowest BCUT2D eigenvalue weighted by Gasteiger charge is -2.15. The average Bonchev–Trinajstić information content (AvgIpc) is 2.38. The minimum absolute atomic E-state index is 0.101. The van der Waals surface area contributed by atoms with Gasteiger partial charge in [-0.3, -0.25) is 0 Å². The van der Waals surface area contributed by atoms with Crippen LogP contribution in [0.15, 0.2) is 24.3 Å². The molecule has 5 heteroatoms. The van der Waals surface area contributed by atoms with Crippen LogP contribution in [0.3, 0.4) is 0 Å². The van der Waals surface area contributed by atoms with Gasteiger partial charge < -0.3 is 14.8 Å². The first-order chi connectivity index (χ1) is 9.13. The van der Waals surface area contributed by atoms with Gasteiger partial charge >= 0.3 is 6.61 Å². The van der Waals surface area contributed by atoms with Crippen LogP contribution in [0.4, 0.5) is 8.78 Å². The molecular formula is C14H21F2NO2. The molecule has 0 aliphatic heterocycles. The van der Waals surface area contributed by atoms with E-state index in [1.54, 1.807) is 19.2 Å². The summed E-state index contributed by atoms with van der Waals surface area (Å²) in [7, 11) is 1.69. The van der Waals surface area contributed by atoms with Gasteiger partial charge in [-0.25, -0.2) is 0 Å². The molecule has 0 fully saturated rings. The SMILES string of the molecule is COCCCCNC(C)c1cccc(OC(F)F)c1. The van der Waals surface area contributed by atoms with E-state index in [9.17, 15) is 8.78 Å². The summed E-state index contributed by atoms with van der Waals surface area (Å²) in [6, 6.07) is 6.88. The van der Waals surface area contributed by atoms with Crippen molar-refractivity contribution in [1.82, 2.24) is 5.32 Å². The number of halogens is 2. The molecule has 1 aromatic rings. The van der Waals surface area contributed by atoms with Gasteiger partial charge in [-0.15, -0.1) is 0 Å². The predicted octanol–water partition coefficient (Wildman–Crippen LogP) is 3.37. The lowest BCUT2D eigenvalue weighted by atomic mass is 10.1. The van der Waals surface area contributed by atoms with Crippen LogP contribution in [-0.4, -0.2) is 26.9 Å². The number of nitrogens with one attached hydrogen (secondary N) is 1. The van der Waals surface area contributed by atoms with Gasteiger partial charge in [0.05, 0.1) is 0 Å². The summed E-state index contributed by atoms with van der Waals surface area (Å²) in [5.41, 5.74) is 0.935. The Morgan fingerprint density at radius 2 is 2.05 bits per heavy atom. The van der Waals surface area contributed by atoms with Crippen molar-refractivity contribution >= 4 is 0 Å². The molecular weight excluding hydrogens is 252 g/mol. The summed E-state index contributed by atoms with van der Waals surface area (Å²) >= 11 is 0. The molecule has 0 saturated heterocycles. The molecule has 0 amide bonds. The topological polar surface area (TPSA) is 30.5 Å². The van der Waals surface area contributed by atoms with Crippen LogP contribution in [0.2, 0.25) is 0 Å².